The number of alkyl halides is 3. The quantitative estimate of drug-likeness (QED) is 0.551. The second-order valence-electron chi connectivity index (χ2n) is 7.13. The maximum absolute atomic E-state index is 12.7. The van der Waals surface area contributed by atoms with Crippen molar-refractivity contribution < 1.29 is 31.5 Å². The molecule has 11 heteroatoms. The summed E-state index contributed by atoms with van der Waals surface area (Å²) in [6, 6.07) is 4.97. The number of phenolic OH excluding ortho intramolecular Hbond substituents is 1. The molecule has 2 rings (SSSR count). The van der Waals surface area contributed by atoms with Crippen LogP contribution in [0.2, 0.25) is 10.0 Å². The molecule has 1 amide bonds. The van der Waals surface area contributed by atoms with Gasteiger partial charge in [-0.25, -0.2) is 8.42 Å². The van der Waals surface area contributed by atoms with E-state index in [2.05, 4.69) is 5.32 Å². The van der Waals surface area contributed by atoms with Gasteiger partial charge in [-0.05, 0) is 42.2 Å². The number of aromatic hydroxyl groups is 1. The molecule has 0 fully saturated rings. The van der Waals surface area contributed by atoms with Crippen LogP contribution in [0, 0.1) is 0 Å². The van der Waals surface area contributed by atoms with E-state index in [0.717, 1.165) is 6.07 Å². The average Bonchev–Trinajstić information content (AvgIpc) is 2.63. The SMILES string of the molecule is CCC(C)(C)c1cc(Cl)cc(C(=O)Nc2ccc(S(=O)(=O)C(F)(F)F)cc2Cl)c1O. The smallest absolute Gasteiger partial charge is 0.501 e. The summed E-state index contributed by atoms with van der Waals surface area (Å²) >= 11 is 12.0. The molecule has 0 heterocycles. The van der Waals surface area contributed by atoms with Gasteiger partial charge in [0.25, 0.3) is 15.7 Å². The highest BCUT2D eigenvalue weighted by Crippen LogP contribution is 2.39. The van der Waals surface area contributed by atoms with Crippen LogP contribution in [0.3, 0.4) is 0 Å². The molecular weight excluding hydrogens is 466 g/mol. The van der Waals surface area contributed by atoms with E-state index >= 15 is 0 Å². The Morgan fingerprint density at radius 2 is 1.73 bits per heavy atom. The third kappa shape index (κ3) is 4.68. The van der Waals surface area contributed by atoms with E-state index in [-0.39, 0.29) is 22.0 Å². The van der Waals surface area contributed by atoms with Gasteiger partial charge < -0.3 is 10.4 Å². The normalized spacial score (nSPS) is 12.7. The number of amides is 1. The van der Waals surface area contributed by atoms with Crippen LogP contribution in [0.5, 0.6) is 5.75 Å². The van der Waals surface area contributed by atoms with Crippen LogP contribution in [0.25, 0.3) is 0 Å². The van der Waals surface area contributed by atoms with Crippen molar-refractivity contribution in [2.45, 2.75) is 43.0 Å². The maximum Gasteiger partial charge on any atom is 0.501 e. The van der Waals surface area contributed by atoms with Gasteiger partial charge in [0, 0.05) is 10.6 Å². The number of nitrogens with one attached hydrogen (secondary N) is 1. The molecule has 0 aliphatic heterocycles. The second-order valence-corrected chi connectivity index (χ2v) is 9.92. The van der Waals surface area contributed by atoms with Gasteiger partial charge in [-0.1, -0.05) is 44.0 Å². The highest BCUT2D eigenvalue weighted by molar-refractivity contribution is 7.92. The summed E-state index contributed by atoms with van der Waals surface area (Å²) in [5, 5.41) is 12.7. The standard InChI is InChI=1S/C19H18Cl2F3NO4S/c1-4-18(2,3)13-8-10(20)7-12(16(13)26)17(27)25-15-6-5-11(9-14(15)21)30(28,29)19(22,23)24/h5-9,26H,4H2,1-3H3,(H,25,27). The number of rotatable bonds is 5. The molecule has 2 aromatic carbocycles. The zero-order valence-corrected chi connectivity index (χ0v) is 18.4. The Bertz CT molecular complexity index is 1100. The first-order chi connectivity index (χ1) is 13.6. The van der Waals surface area contributed by atoms with Gasteiger partial charge in [0.1, 0.15) is 5.75 Å². The minimum absolute atomic E-state index is 0.140. The molecular formula is C19H18Cl2F3NO4S. The number of hydrogen-bond acceptors (Lipinski definition) is 4. The summed E-state index contributed by atoms with van der Waals surface area (Å²) in [6.45, 7) is 5.61. The fourth-order valence-electron chi connectivity index (χ4n) is 2.57. The first-order valence-corrected chi connectivity index (χ1v) is 10.8. The van der Waals surface area contributed by atoms with E-state index in [1.54, 1.807) is 6.07 Å². The van der Waals surface area contributed by atoms with Crippen LogP contribution >= 0.6 is 23.2 Å². The van der Waals surface area contributed by atoms with Crippen molar-refractivity contribution in [3.05, 3.63) is 51.5 Å². The van der Waals surface area contributed by atoms with Crippen molar-refractivity contribution in [2.75, 3.05) is 5.32 Å². The minimum Gasteiger partial charge on any atom is -0.507 e. The van der Waals surface area contributed by atoms with E-state index in [9.17, 15) is 31.5 Å². The predicted octanol–water partition coefficient (Wildman–Crippen LogP) is 5.93. The molecule has 0 spiro atoms. The molecule has 0 aliphatic rings. The van der Waals surface area contributed by atoms with Crippen molar-refractivity contribution >= 4 is 44.6 Å². The lowest BCUT2D eigenvalue weighted by atomic mass is 9.81. The zero-order chi connectivity index (χ0) is 23.1. The number of halogens is 5. The Morgan fingerprint density at radius 1 is 1.13 bits per heavy atom. The Labute approximate surface area is 181 Å². The first-order valence-electron chi connectivity index (χ1n) is 8.57. The number of carbonyl (C=O) groups excluding carboxylic acids is 1. The molecule has 2 aromatic rings. The van der Waals surface area contributed by atoms with Crippen LogP contribution in [0.1, 0.15) is 43.1 Å². The summed E-state index contributed by atoms with van der Waals surface area (Å²) in [5.74, 6) is -1.12. The third-order valence-corrected chi connectivity index (χ3v) is 6.75. The lowest BCUT2D eigenvalue weighted by Crippen LogP contribution is -2.23. The molecule has 2 N–H and O–H groups in total. The van der Waals surface area contributed by atoms with Gasteiger partial charge >= 0.3 is 5.51 Å². The molecule has 0 aromatic heterocycles. The fourth-order valence-corrected chi connectivity index (χ4v) is 3.86. The fraction of sp³-hybridized carbons (Fsp3) is 0.316. The van der Waals surface area contributed by atoms with Crippen LogP contribution in [0.15, 0.2) is 35.2 Å². The Balaban J connectivity index is 2.43. The maximum atomic E-state index is 12.7. The molecule has 0 aliphatic carbocycles. The topological polar surface area (TPSA) is 83.5 Å². The van der Waals surface area contributed by atoms with Crippen LogP contribution in [-0.2, 0) is 15.3 Å². The molecule has 0 radical (unpaired) electrons. The molecule has 0 saturated heterocycles. The van der Waals surface area contributed by atoms with Crippen molar-refractivity contribution in [2.24, 2.45) is 0 Å². The second kappa shape index (κ2) is 8.28. The number of benzene rings is 2. The third-order valence-electron chi connectivity index (χ3n) is 4.74. The number of hydrogen-bond donors (Lipinski definition) is 2. The van der Waals surface area contributed by atoms with Crippen molar-refractivity contribution in [1.82, 2.24) is 0 Å². The van der Waals surface area contributed by atoms with Gasteiger partial charge in [0.15, 0.2) is 0 Å². The highest BCUT2D eigenvalue weighted by Gasteiger charge is 2.47. The number of carbonyl (C=O) groups is 1. The molecule has 0 saturated carbocycles. The Hall–Kier alpha value is -1.97. The zero-order valence-electron chi connectivity index (χ0n) is 16.1. The van der Waals surface area contributed by atoms with Crippen molar-refractivity contribution in [3.8, 4) is 5.75 Å². The van der Waals surface area contributed by atoms with Gasteiger partial charge in [0.2, 0.25) is 0 Å². The average molecular weight is 484 g/mol. The highest BCUT2D eigenvalue weighted by atomic mass is 35.5. The summed E-state index contributed by atoms with van der Waals surface area (Å²) in [5.41, 5.74) is -5.84. The minimum atomic E-state index is -5.59. The monoisotopic (exact) mass is 483 g/mol. The molecule has 0 atom stereocenters. The van der Waals surface area contributed by atoms with E-state index in [0.29, 0.717) is 24.1 Å². The van der Waals surface area contributed by atoms with Gasteiger partial charge in [-0.3, -0.25) is 4.79 Å². The van der Waals surface area contributed by atoms with Crippen LogP contribution in [-0.4, -0.2) is 24.9 Å². The van der Waals surface area contributed by atoms with Gasteiger partial charge in [-0.2, -0.15) is 13.2 Å². The number of anilines is 1. The lowest BCUT2D eigenvalue weighted by molar-refractivity contribution is -0.0436. The van der Waals surface area contributed by atoms with Crippen LogP contribution < -0.4 is 5.32 Å². The summed E-state index contributed by atoms with van der Waals surface area (Å²) in [7, 11) is -5.59. The molecule has 30 heavy (non-hydrogen) atoms. The first kappa shape index (κ1) is 24.3. The number of sulfone groups is 1. The summed E-state index contributed by atoms with van der Waals surface area (Å²) in [6.07, 6.45) is 0.642. The lowest BCUT2D eigenvalue weighted by Gasteiger charge is -2.25. The Morgan fingerprint density at radius 3 is 2.23 bits per heavy atom. The molecule has 5 nitrogen and oxygen atoms in total. The van der Waals surface area contributed by atoms with E-state index in [4.69, 9.17) is 23.2 Å². The van der Waals surface area contributed by atoms with Gasteiger partial charge in [0.05, 0.1) is 21.2 Å². The van der Waals surface area contributed by atoms with Gasteiger partial charge in [-0.15, -0.1) is 0 Å². The molecule has 164 valence electrons. The van der Waals surface area contributed by atoms with Crippen molar-refractivity contribution in [3.63, 3.8) is 0 Å². The van der Waals surface area contributed by atoms with E-state index < -0.39 is 36.6 Å². The van der Waals surface area contributed by atoms with Crippen LogP contribution in [0.4, 0.5) is 18.9 Å². The number of phenols is 1. The van der Waals surface area contributed by atoms with Crippen molar-refractivity contribution in [1.29, 1.82) is 0 Å². The molecule has 0 bridgehead atoms. The summed E-state index contributed by atoms with van der Waals surface area (Å²) in [4.78, 5) is 11.6. The Kier molecular flexibility index (Phi) is 6.71. The van der Waals surface area contributed by atoms with E-state index in [1.807, 2.05) is 20.8 Å². The predicted molar refractivity (Wildman–Crippen MR) is 109 cm³/mol. The van der Waals surface area contributed by atoms with E-state index in [1.165, 1.54) is 6.07 Å². The largest absolute Gasteiger partial charge is 0.507 e. The molecule has 0 unspecified atom stereocenters. The summed E-state index contributed by atoms with van der Waals surface area (Å²) < 4.78 is 61.0.